The Balaban J connectivity index is 2.99. The van der Waals surface area contributed by atoms with Crippen LogP contribution in [0.5, 0.6) is 0 Å². The second-order valence-electron chi connectivity index (χ2n) is 3.86. The van der Waals surface area contributed by atoms with E-state index in [9.17, 15) is 14.9 Å². The molecule has 0 bridgehead atoms. The van der Waals surface area contributed by atoms with Crippen molar-refractivity contribution in [2.45, 2.75) is 39.7 Å². The Bertz CT molecular complexity index is 458. The van der Waals surface area contributed by atoms with Crippen molar-refractivity contribution >= 4 is 29.0 Å². The summed E-state index contributed by atoms with van der Waals surface area (Å²) in [6.07, 6.45) is 2.84. The third kappa shape index (κ3) is 3.43. The van der Waals surface area contributed by atoms with Crippen molar-refractivity contribution in [2.24, 2.45) is 0 Å². The molecule has 7 nitrogen and oxygen atoms in total. The van der Waals surface area contributed by atoms with Crippen LogP contribution in [-0.4, -0.2) is 20.6 Å². The van der Waals surface area contributed by atoms with Gasteiger partial charge in [-0.15, -0.1) is 5.10 Å². The van der Waals surface area contributed by atoms with Crippen molar-refractivity contribution in [2.75, 3.05) is 5.32 Å². The Kier molecular flexibility index (Phi) is 5.08. The van der Waals surface area contributed by atoms with E-state index in [-0.39, 0.29) is 16.7 Å². The maximum Gasteiger partial charge on any atom is 0.350 e. The molecule has 1 N–H and O–H groups in total. The number of nitrogens with one attached hydrogen (secondary N) is 1. The molecule has 18 heavy (non-hydrogen) atoms. The summed E-state index contributed by atoms with van der Waals surface area (Å²) in [7, 11) is 0. The van der Waals surface area contributed by atoms with Gasteiger partial charge in [-0.3, -0.25) is 14.9 Å². The number of aromatic nitrogens is 2. The molecule has 1 heterocycles. The minimum Gasteiger partial charge on any atom is -0.304 e. The molecule has 0 aliphatic rings. The summed E-state index contributed by atoms with van der Waals surface area (Å²) in [4.78, 5) is 21.2. The molecular formula is C10H15ClN4O3. The van der Waals surface area contributed by atoms with Gasteiger partial charge in [0.15, 0.2) is 0 Å². The molecule has 0 radical (unpaired) electrons. The van der Waals surface area contributed by atoms with E-state index >= 15 is 0 Å². The molecular weight excluding hydrogens is 260 g/mol. The second kappa shape index (κ2) is 6.34. The van der Waals surface area contributed by atoms with Crippen LogP contribution < -0.4 is 5.32 Å². The van der Waals surface area contributed by atoms with Gasteiger partial charge in [-0.2, -0.15) is 0 Å². The summed E-state index contributed by atoms with van der Waals surface area (Å²) in [5, 5.41) is 17.1. The van der Waals surface area contributed by atoms with Gasteiger partial charge in [0.25, 0.3) is 0 Å². The van der Waals surface area contributed by atoms with E-state index in [1.54, 1.807) is 0 Å². The first-order valence-corrected chi connectivity index (χ1v) is 6.03. The van der Waals surface area contributed by atoms with Gasteiger partial charge in [0.05, 0.1) is 4.92 Å². The maximum absolute atomic E-state index is 10.9. The second-order valence-corrected chi connectivity index (χ2v) is 4.21. The van der Waals surface area contributed by atoms with Gasteiger partial charge in [0.2, 0.25) is 16.9 Å². The van der Waals surface area contributed by atoms with Gasteiger partial charge in [-0.05, 0) is 6.42 Å². The van der Waals surface area contributed by atoms with Crippen molar-refractivity contribution in [3.63, 3.8) is 0 Å². The van der Waals surface area contributed by atoms with Crippen molar-refractivity contribution in [1.82, 2.24) is 9.78 Å². The number of nitro groups is 1. The fourth-order valence-electron chi connectivity index (χ4n) is 1.50. The number of nitrogens with zero attached hydrogens (tertiary/aromatic N) is 3. The highest BCUT2D eigenvalue weighted by molar-refractivity contribution is 6.32. The topological polar surface area (TPSA) is 90.1 Å². The van der Waals surface area contributed by atoms with Crippen LogP contribution in [0.4, 0.5) is 11.5 Å². The van der Waals surface area contributed by atoms with Crippen molar-refractivity contribution in [3.05, 3.63) is 15.3 Å². The molecule has 0 aromatic carbocycles. The van der Waals surface area contributed by atoms with E-state index in [0.717, 1.165) is 19.3 Å². The van der Waals surface area contributed by atoms with Gasteiger partial charge >= 0.3 is 5.69 Å². The van der Waals surface area contributed by atoms with Gasteiger partial charge in [0.1, 0.15) is 0 Å². The Labute approximate surface area is 109 Å². The molecule has 1 rings (SSSR count). The van der Waals surface area contributed by atoms with E-state index in [0.29, 0.717) is 6.54 Å². The van der Waals surface area contributed by atoms with Gasteiger partial charge in [-0.25, -0.2) is 4.68 Å². The van der Waals surface area contributed by atoms with Crippen LogP contribution in [0.1, 0.15) is 33.1 Å². The molecule has 0 aliphatic carbocycles. The smallest absolute Gasteiger partial charge is 0.304 e. The predicted molar refractivity (Wildman–Crippen MR) is 67.7 cm³/mol. The number of halogens is 1. The first-order chi connectivity index (χ1) is 8.47. The molecule has 0 saturated heterocycles. The van der Waals surface area contributed by atoms with Crippen LogP contribution in [-0.2, 0) is 11.3 Å². The standard InChI is InChI=1S/C10H15ClN4O3/c1-3-4-5-6-14-9(11)8(15(17)18)10(13-14)12-7(2)16/h3-6H2,1-2H3,(H,12,13,16). The van der Waals surface area contributed by atoms with Crippen molar-refractivity contribution < 1.29 is 9.72 Å². The normalized spacial score (nSPS) is 10.4. The zero-order valence-corrected chi connectivity index (χ0v) is 11.0. The van der Waals surface area contributed by atoms with Gasteiger partial charge in [-0.1, -0.05) is 31.4 Å². The van der Waals surface area contributed by atoms with Crippen molar-refractivity contribution in [1.29, 1.82) is 0 Å². The number of amides is 1. The number of carbonyl (C=O) groups excluding carboxylic acids is 1. The SMILES string of the molecule is CCCCCn1nc(NC(C)=O)c([N+](=O)[O-])c1Cl. The molecule has 0 saturated carbocycles. The molecule has 8 heteroatoms. The molecule has 0 spiro atoms. The zero-order chi connectivity index (χ0) is 13.7. The summed E-state index contributed by atoms with van der Waals surface area (Å²) < 4.78 is 1.35. The van der Waals surface area contributed by atoms with E-state index in [2.05, 4.69) is 17.3 Å². The number of aryl methyl sites for hydroxylation is 1. The Morgan fingerprint density at radius 2 is 2.22 bits per heavy atom. The van der Waals surface area contributed by atoms with Gasteiger partial charge < -0.3 is 5.32 Å². The minimum atomic E-state index is -0.642. The summed E-state index contributed by atoms with van der Waals surface area (Å²) in [6.45, 7) is 3.80. The maximum atomic E-state index is 10.9. The number of hydrogen-bond donors (Lipinski definition) is 1. The average molecular weight is 275 g/mol. The average Bonchev–Trinajstić information content (AvgIpc) is 2.55. The monoisotopic (exact) mass is 274 g/mol. The summed E-state index contributed by atoms with van der Waals surface area (Å²) in [5.41, 5.74) is -0.358. The highest BCUT2D eigenvalue weighted by atomic mass is 35.5. The number of rotatable bonds is 6. The molecule has 1 aromatic rings. The van der Waals surface area contributed by atoms with Crippen LogP contribution in [0.3, 0.4) is 0 Å². The largest absolute Gasteiger partial charge is 0.350 e. The lowest BCUT2D eigenvalue weighted by Gasteiger charge is -2.00. The van der Waals surface area contributed by atoms with Crippen molar-refractivity contribution in [3.8, 4) is 0 Å². The highest BCUT2D eigenvalue weighted by Gasteiger charge is 2.27. The lowest BCUT2D eigenvalue weighted by atomic mass is 10.2. The number of anilines is 1. The molecule has 1 amide bonds. The summed E-state index contributed by atoms with van der Waals surface area (Å²) >= 11 is 5.89. The quantitative estimate of drug-likeness (QED) is 0.490. The highest BCUT2D eigenvalue weighted by Crippen LogP contribution is 2.32. The number of unbranched alkanes of at least 4 members (excludes halogenated alkanes) is 2. The number of carbonyl (C=O) groups is 1. The Morgan fingerprint density at radius 1 is 1.56 bits per heavy atom. The van der Waals surface area contributed by atoms with Crippen LogP contribution in [0, 0.1) is 10.1 Å². The molecule has 0 aliphatic heterocycles. The molecule has 0 atom stereocenters. The van der Waals surface area contributed by atoms with Crippen LogP contribution >= 0.6 is 11.6 Å². The van der Waals surface area contributed by atoms with Gasteiger partial charge in [0, 0.05) is 13.5 Å². The van der Waals surface area contributed by atoms with E-state index in [4.69, 9.17) is 11.6 Å². The van der Waals surface area contributed by atoms with Crippen LogP contribution in [0.15, 0.2) is 0 Å². The predicted octanol–water partition coefficient (Wildman–Crippen LogP) is 2.59. The summed E-state index contributed by atoms with van der Waals surface area (Å²) in [6, 6.07) is 0. The lowest BCUT2D eigenvalue weighted by molar-refractivity contribution is -0.383. The molecule has 0 unspecified atom stereocenters. The minimum absolute atomic E-state index is 0.0557. The van der Waals surface area contributed by atoms with Crippen LogP contribution in [0.2, 0.25) is 5.15 Å². The Morgan fingerprint density at radius 3 is 2.72 bits per heavy atom. The third-order valence-electron chi connectivity index (χ3n) is 2.32. The van der Waals surface area contributed by atoms with Crippen LogP contribution in [0.25, 0.3) is 0 Å². The molecule has 0 fully saturated rings. The lowest BCUT2D eigenvalue weighted by Crippen LogP contribution is -2.08. The van der Waals surface area contributed by atoms with E-state index < -0.39 is 10.8 Å². The first-order valence-electron chi connectivity index (χ1n) is 5.65. The third-order valence-corrected chi connectivity index (χ3v) is 2.69. The fourth-order valence-corrected chi connectivity index (χ4v) is 1.79. The zero-order valence-electron chi connectivity index (χ0n) is 10.3. The van der Waals surface area contributed by atoms with E-state index in [1.165, 1.54) is 11.6 Å². The summed E-state index contributed by atoms with van der Waals surface area (Å²) in [5.74, 6) is -0.526. The van der Waals surface area contributed by atoms with E-state index in [1.807, 2.05) is 0 Å². The first kappa shape index (κ1) is 14.4. The molecule has 1 aromatic heterocycles. The number of hydrogen-bond acceptors (Lipinski definition) is 4. The fraction of sp³-hybridized carbons (Fsp3) is 0.600. The Hall–Kier alpha value is -1.63. The molecule has 100 valence electrons.